The third-order valence-corrected chi connectivity index (χ3v) is 4.34. The van der Waals surface area contributed by atoms with Crippen LogP contribution in [0.2, 0.25) is 0 Å². The zero-order valence-electron chi connectivity index (χ0n) is 14.4. The second-order valence-electron chi connectivity index (χ2n) is 6.18. The quantitative estimate of drug-likeness (QED) is 0.286. The Kier molecular flexibility index (Phi) is 11.0. The van der Waals surface area contributed by atoms with Gasteiger partial charge in [-0.2, -0.15) is 0 Å². The summed E-state index contributed by atoms with van der Waals surface area (Å²) in [5, 5.41) is 39.2. The summed E-state index contributed by atoms with van der Waals surface area (Å²) in [7, 11) is 1.37. The van der Waals surface area contributed by atoms with Gasteiger partial charge in [-0.3, -0.25) is 0 Å². The van der Waals surface area contributed by atoms with E-state index in [-0.39, 0.29) is 6.61 Å². The number of hydrogen-bond donors (Lipinski definition) is 5. The van der Waals surface area contributed by atoms with Crippen molar-refractivity contribution in [1.29, 1.82) is 0 Å². The topological polar surface area (TPSA) is 135 Å². The molecule has 1 fully saturated rings. The van der Waals surface area contributed by atoms with E-state index < -0.39 is 36.8 Å². The van der Waals surface area contributed by atoms with Crippen molar-refractivity contribution in [1.82, 2.24) is 0 Å². The maximum Gasteiger partial charge on any atom is 0.186 e. The second-order valence-corrected chi connectivity index (χ2v) is 6.18. The fourth-order valence-corrected chi connectivity index (χ4v) is 2.78. The first-order valence-corrected chi connectivity index (χ1v) is 8.71. The van der Waals surface area contributed by atoms with E-state index in [1.54, 1.807) is 0 Å². The molecule has 1 rings (SSSR count). The Hall–Kier alpha value is -0.320. The van der Waals surface area contributed by atoms with E-state index in [9.17, 15) is 20.4 Å². The molecule has 0 spiro atoms. The molecule has 1 aliphatic heterocycles. The molecule has 1 aliphatic rings. The van der Waals surface area contributed by atoms with Crippen molar-refractivity contribution in [3.05, 3.63) is 0 Å². The van der Waals surface area contributed by atoms with Gasteiger partial charge in [0.15, 0.2) is 6.29 Å². The maximum atomic E-state index is 9.98. The highest BCUT2D eigenvalue weighted by Gasteiger charge is 2.47. The van der Waals surface area contributed by atoms with Crippen LogP contribution in [-0.2, 0) is 14.2 Å². The zero-order chi connectivity index (χ0) is 17.9. The Morgan fingerprint density at radius 2 is 1.58 bits per heavy atom. The molecule has 0 amide bonds. The molecular formula is C16H33NO7. The standard InChI is InChI=1S/C16H33NO7/c1-22-11(10-18)15-13(20)12(19)14(21)16(24-15)23-9-7-5-3-2-4-6-8-17/h11-16,18-21H,2-10,17H2,1H3/t11-,12-,13-,14+,15+,16+/m1/s1. The van der Waals surface area contributed by atoms with Gasteiger partial charge >= 0.3 is 0 Å². The van der Waals surface area contributed by atoms with Crippen molar-refractivity contribution in [2.24, 2.45) is 5.73 Å². The number of hydrogen-bond acceptors (Lipinski definition) is 8. The van der Waals surface area contributed by atoms with Gasteiger partial charge < -0.3 is 40.4 Å². The van der Waals surface area contributed by atoms with Crippen LogP contribution >= 0.6 is 0 Å². The molecule has 0 aromatic heterocycles. The second kappa shape index (κ2) is 12.1. The number of nitrogens with two attached hydrogens (primary N) is 1. The van der Waals surface area contributed by atoms with Crippen molar-refractivity contribution < 1.29 is 34.6 Å². The molecule has 0 unspecified atom stereocenters. The van der Waals surface area contributed by atoms with Gasteiger partial charge in [0.25, 0.3) is 0 Å². The van der Waals surface area contributed by atoms with E-state index in [0.29, 0.717) is 6.61 Å². The lowest BCUT2D eigenvalue weighted by molar-refractivity contribution is -0.313. The van der Waals surface area contributed by atoms with Crippen molar-refractivity contribution in [2.75, 3.05) is 26.9 Å². The lowest BCUT2D eigenvalue weighted by atomic mass is 9.95. The first-order chi connectivity index (χ1) is 11.6. The molecule has 0 aromatic rings. The number of aliphatic hydroxyl groups is 4. The van der Waals surface area contributed by atoms with E-state index >= 15 is 0 Å². The molecule has 8 heteroatoms. The molecule has 24 heavy (non-hydrogen) atoms. The number of aliphatic hydroxyl groups excluding tert-OH is 4. The van der Waals surface area contributed by atoms with Crippen LogP contribution in [-0.4, -0.2) is 84.1 Å². The van der Waals surface area contributed by atoms with E-state index in [1.807, 2.05) is 0 Å². The lowest BCUT2D eigenvalue weighted by Gasteiger charge is -2.42. The molecule has 0 bridgehead atoms. The molecule has 1 saturated heterocycles. The molecule has 0 aliphatic carbocycles. The summed E-state index contributed by atoms with van der Waals surface area (Å²) < 4.78 is 16.1. The van der Waals surface area contributed by atoms with Crippen molar-refractivity contribution >= 4 is 0 Å². The number of ether oxygens (including phenoxy) is 3. The fourth-order valence-electron chi connectivity index (χ4n) is 2.78. The Bertz CT molecular complexity index is 317. The summed E-state index contributed by atoms with van der Waals surface area (Å²) in [5.41, 5.74) is 5.44. The van der Waals surface area contributed by atoms with Gasteiger partial charge in [0.1, 0.15) is 30.5 Å². The Morgan fingerprint density at radius 1 is 0.958 bits per heavy atom. The van der Waals surface area contributed by atoms with E-state index in [2.05, 4.69) is 0 Å². The summed E-state index contributed by atoms with van der Waals surface area (Å²) >= 11 is 0. The average Bonchev–Trinajstić information content (AvgIpc) is 2.59. The summed E-state index contributed by atoms with van der Waals surface area (Å²) in [5.74, 6) is 0. The first-order valence-electron chi connectivity index (χ1n) is 8.71. The highest BCUT2D eigenvalue weighted by molar-refractivity contribution is 4.92. The van der Waals surface area contributed by atoms with Gasteiger partial charge in [-0.15, -0.1) is 0 Å². The van der Waals surface area contributed by atoms with Crippen LogP contribution in [0.3, 0.4) is 0 Å². The minimum absolute atomic E-state index is 0.378. The molecule has 0 saturated carbocycles. The molecule has 6 atom stereocenters. The minimum Gasteiger partial charge on any atom is -0.394 e. The van der Waals surface area contributed by atoms with Crippen LogP contribution < -0.4 is 5.73 Å². The molecule has 0 aromatic carbocycles. The lowest BCUT2D eigenvalue weighted by Crippen LogP contribution is -2.62. The van der Waals surface area contributed by atoms with Gasteiger partial charge in [-0.1, -0.05) is 25.7 Å². The van der Waals surface area contributed by atoms with E-state index in [0.717, 1.165) is 45.1 Å². The van der Waals surface area contributed by atoms with Crippen LogP contribution in [0.5, 0.6) is 0 Å². The number of unbranched alkanes of at least 4 members (excludes halogenated alkanes) is 5. The van der Waals surface area contributed by atoms with Gasteiger partial charge in [-0.25, -0.2) is 0 Å². The van der Waals surface area contributed by atoms with Gasteiger partial charge in [0.05, 0.1) is 6.61 Å². The molecule has 0 radical (unpaired) electrons. The number of methoxy groups -OCH3 is 1. The van der Waals surface area contributed by atoms with Crippen molar-refractivity contribution in [2.45, 2.75) is 75.3 Å². The smallest absolute Gasteiger partial charge is 0.186 e. The highest BCUT2D eigenvalue weighted by Crippen LogP contribution is 2.25. The third-order valence-electron chi connectivity index (χ3n) is 4.34. The molecule has 6 N–H and O–H groups in total. The predicted molar refractivity (Wildman–Crippen MR) is 87.3 cm³/mol. The zero-order valence-corrected chi connectivity index (χ0v) is 14.4. The molecule has 8 nitrogen and oxygen atoms in total. The summed E-state index contributed by atoms with van der Waals surface area (Å²) in [6, 6.07) is 0. The van der Waals surface area contributed by atoms with Crippen LogP contribution in [0, 0.1) is 0 Å². The Labute approximate surface area is 143 Å². The monoisotopic (exact) mass is 351 g/mol. The van der Waals surface area contributed by atoms with E-state index in [1.165, 1.54) is 7.11 Å². The van der Waals surface area contributed by atoms with Gasteiger partial charge in [0, 0.05) is 13.7 Å². The summed E-state index contributed by atoms with van der Waals surface area (Å²) in [6.07, 6.45) is -0.753. The largest absolute Gasteiger partial charge is 0.394 e. The third kappa shape index (κ3) is 6.53. The van der Waals surface area contributed by atoms with Gasteiger partial charge in [0.2, 0.25) is 0 Å². The van der Waals surface area contributed by atoms with Crippen LogP contribution in [0.4, 0.5) is 0 Å². The van der Waals surface area contributed by atoms with Crippen molar-refractivity contribution in [3.63, 3.8) is 0 Å². The molecule has 144 valence electrons. The maximum absolute atomic E-state index is 9.98. The SMILES string of the molecule is CO[C@H](CO)[C@@H]1O[C@H](OCCCCCCCCN)[C@@H](O)[C@H](O)[C@H]1O. The first kappa shape index (κ1) is 21.7. The summed E-state index contributed by atoms with van der Waals surface area (Å²) in [4.78, 5) is 0. The van der Waals surface area contributed by atoms with Gasteiger partial charge in [-0.05, 0) is 19.4 Å². The fraction of sp³-hybridized carbons (Fsp3) is 1.00. The van der Waals surface area contributed by atoms with Crippen LogP contribution in [0.1, 0.15) is 38.5 Å². The normalized spacial score (nSPS) is 32.0. The van der Waals surface area contributed by atoms with Crippen LogP contribution in [0.15, 0.2) is 0 Å². The predicted octanol–water partition coefficient (Wildman–Crippen LogP) is -0.883. The van der Waals surface area contributed by atoms with E-state index in [4.69, 9.17) is 19.9 Å². The molecule has 1 heterocycles. The Morgan fingerprint density at radius 3 is 2.17 bits per heavy atom. The number of rotatable bonds is 12. The Balaban J connectivity index is 2.35. The minimum atomic E-state index is -1.42. The van der Waals surface area contributed by atoms with Crippen molar-refractivity contribution in [3.8, 4) is 0 Å². The highest BCUT2D eigenvalue weighted by atomic mass is 16.7. The molecular weight excluding hydrogens is 318 g/mol. The van der Waals surface area contributed by atoms with Crippen LogP contribution in [0.25, 0.3) is 0 Å². The average molecular weight is 351 g/mol. The summed E-state index contributed by atoms with van der Waals surface area (Å²) in [6.45, 7) is 0.729.